The number of hydrogen-bond donors (Lipinski definition) is 1. The normalized spacial score (nSPS) is 23.0. The number of likely N-dealkylation sites (tertiary alicyclic amines) is 2. The third-order valence-electron chi connectivity index (χ3n) is 10.4. The molecule has 2 fully saturated rings. The second-order valence-electron chi connectivity index (χ2n) is 15.4. The molecule has 2 saturated heterocycles. The molecule has 0 bridgehead atoms. The van der Waals surface area contributed by atoms with Crippen LogP contribution in [0.15, 0.2) is 0 Å². The first-order chi connectivity index (χ1) is 19.0. The molecular weight excluding hydrogens is 508 g/mol. The molecule has 0 unspecified atom stereocenters. The predicted octanol–water partition coefficient (Wildman–Crippen LogP) is 6.82. The van der Waals surface area contributed by atoms with Crippen molar-refractivity contribution < 1.29 is 0 Å². The Bertz CT molecular complexity index is 879. The molecule has 0 atom stereocenters. The molecule has 0 spiro atoms. The fourth-order valence-corrected chi connectivity index (χ4v) is 7.47. The fraction of sp³-hybridized carbons (Fsp3) is 0.909. The van der Waals surface area contributed by atoms with Crippen molar-refractivity contribution >= 4 is 17.8 Å². The van der Waals surface area contributed by atoms with E-state index >= 15 is 0 Å². The molecule has 0 amide bonds. The van der Waals surface area contributed by atoms with Crippen LogP contribution in [0.2, 0.25) is 0 Å². The van der Waals surface area contributed by atoms with Gasteiger partial charge in [-0.25, -0.2) is 0 Å². The van der Waals surface area contributed by atoms with Crippen molar-refractivity contribution in [2.24, 2.45) is 0 Å². The number of nitrogens with zero attached hydrogens (tertiary/aromatic N) is 7. The van der Waals surface area contributed by atoms with Crippen LogP contribution in [0.5, 0.6) is 0 Å². The third kappa shape index (κ3) is 7.65. The number of aromatic nitrogens is 3. The Morgan fingerprint density at radius 1 is 0.634 bits per heavy atom. The average Bonchev–Trinajstić information content (AvgIpc) is 2.86. The molecule has 1 aromatic heterocycles. The Morgan fingerprint density at radius 3 is 1.27 bits per heavy atom. The summed E-state index contributed by atoms with van der Waals surface area (Å²) in [6.45, 7) is 28.5. The maximum atomic E-state index is 5.36. The first-order valence-electron chi connectivity index (χ1n) is 16.5. The first kappa shape index (κ1) is 33.8. The van der Waals surface area contributed by atoms with Crippen molar-refractivity contribution in [2.45, 2.75) is 162 Å². The Labute approximate surface area is 253 Å². The van der Waals surface area contributed by atoms with Gasteiger partial charge in [-0.15, -0.1) is 0 Å². The molecule has 0 aliphatic carbocycles. The van der Waals surface area contributed by atoms with E-state index in [1.807, 2.05) is 0 Å². The Hall–Kier alpha value is -1.67. The minimum atomic E-state index is 0.0929. The van der Waals surface area contributed by atoms with Gasteiger partial charge in [-0.2, -0.15) is 15.0 Å². The number of unbranched alkanes of at least 4 members (excludes halogenated alkanes) is 2. The highest BCUT2D eigenvalue weighted by molar-refractivity contribution is 5.47. The molecule has 2 aliphatic heterocycles. The molecule has 3 rings (SSSR count). The predicted molar refractivity (Wildman–Crippen MR) is 176 cm³/mol. The molecule has 3 heterocycles. The van der Waals surface area contributed by atoms with Crippen molar-refractivity contribution in [1.29, 1.82) is 0 Å². The van der Waals surface area contributed by atoms with Crippen molar-refractivity contribution in [3.63, 3.8) is 0 Å². The molecule has 0 aromatic carbocycles. The molecule has 8 nitrogen and oxygen atoms in total. The van der Waals surface area contributed by atoms with Gasteiger partial charge >= 0.3 is 0 Å². The van der Waals surface area contributed by atoms with Gasteiger partial charge in [-0.05, 0) is 115 Å². The molecule has 0 radical (unpaired) electrons. The zero-order chi connectivity index (χ0) is 30.8. The molecule has 0 saturated carbocycles. The quantitative estimate of drug-likeness (QED) is 0.293. The third-order valence-corrected chi connectivity index (χ3v) is 10.4. The standard InChI is InChI=1S/C33H64N8/c1-14-17-19-40(25-21-30(4,5)38(12)31(6,7)22-25)28-35-27(34-16-3)36-29(37-28)41(20-18-15-2)26-23-32(8,9)39(13)33(10,11)24-26/h25-26H,14-24H2,1-13H3,(H,34,35,36,37). The lowest BCUT2D eigenvalue weighted by Gasteiger charge is -2.56. The zero-order valence-corrected chi connectivity index (χ0v) is 29.1. The lowest BCUT2D eigenvalue weighted by Crippen LogP contribution is -2.63. The second kappa shape index (κ2) is 12.9. The van der Waals surface area contributed by atoms with Gasteiger partial charge in [-0.1, -0.05) is 26.7 Å². The lowest BCUT2D eigenvalue weighted by molar-refractivity contribution is -0.0130. The Morgan fingerprint density at radius 2 is 0.976 bits per heavy atom. The fourth-order valence-electron chi connectivity index (χ4n) is 7.47. The summed E-state index contributed by atoms with van der Waals surface area (Å²) < 4.78 is 0. The Kier molecular flexibility index (Phi) is 10.6. The van der Waals surface area contributed by atoms with Gasteiger partial charge < -0.3 is 15.1 Å². The van der Waals surface area contributed by atoms with E-state index in [1.54, 1.807) is 0 Å². The monoisotopic (exact) mass is 573 g/mol. The zero-order valence-electron chi connectivity index (χ0n) is 29.1. The van der Waals surface area contributed by atoms with Gasteiger partial charge in [0, 0.05) is 53.9 Å². The summed E-state index contributed by atoms with van der Waals surface area (Å²) in [7, 11) is 4.57. The molecular formula is C33H64N8. The van der Waals surface area contributed by atoms with Crippen LogP contribution in [0, 0.1) is 0 Å². The van der Waals surface area contributed by atoms with Crippen LogP contribution in [0.3, 0.4) is 0 Å². The van der Waals surface area contributed by atoms with E-state index in [9.17, 15) is 0 Å². The number of anilines is 3. The summed E-state index contributed by atoms with van der Waals surface area (Å²) in [5.74, 6) is 2.38. The van der Waals surface area contributed by atoms with Crippen molar-refractivity contribution in [1.82, 2.24) is 24.8 Å². The van der Waals surface area contributed by atoms with E-state index in [1.165, 1.54) is 0 Å². The maximum absolute atomic E-state index is 5.36. The van der Waals surface area contributed by atoms with Crippen LogP contribution < -0.4 is 15.1 Å². The van der Waals surface area contributed by atoms with Crippen molar-refractivity contribution in [2.75, 3.05) is 48.8 Å². The second-order valence-corrected chi connectivity index (χ2v) is 15.4. The highest BCUT2D eigenvalue weighted by Crippen LogP contribution is 2.42. The molecule has 8 heteroatoms. The van der Waals surface area contributed by atoms with Gasteiger partial charge in [0.1, 0.15) is 0 Å². The van der Waals surface area contributed by atoms with Gasteiger partial charge in [0.25, 0.3) is 0 Å². The minimum Gasteiger partial charge on any atom is -0.354 e. The molecule has 41 heavy (non-hydrogen) atoms. The van der Waals surface area contributed by atoms with Gasteiger partial charge in [0.15, 0.2) is 0 Å². The number of piperidine rings is 2. The highest BCUT2D eigenvalue weighted by Gasteiger charge is 2.47. The largest absolute Gasteiger partial charge is 0.354 e. The van der Waals surface area contributed by atoms with E-state index in [0.29, 0.717) is 18.0 Å². The van der Waals surface area contributed by atoms with E-state index in [2.05, 4.69) is 115 Å². The molecule has 1 N–H and O–H groups in total. The summed E-state index contributed by atoms with van der Waals surface area (Å²) in [6, 6.07) is 0.746. The van der Waals surface area contributed by atoms with E-state index in [0.717, 1.165) is 82.9 Å². The maximum Gasteiger partial charge on any atom is 0.232 e. The highest BCUT2D eigenvalue weighted by atomic mass is 15.4. The molecule has 2 aliphatic rings. The topological polar surface area (TPSA) is 63.7 Å². The summed E-state index contributed by atoms with van der Waals surface area (Å²) in [4.78, 5) is 25.7. The first-order valence-corrected chi connectivity index (χ1v) is 16.5. The van der Waals surface area contributed by atoms with Crippen LogP contribution in [-0.2, 0) is 0 Å². The van der Waals surface area contributed by atoms with Gasteiger partial charge in [-0.3, -0.25) is 9.80 Å². The van der Waals surface area contributed by atoms with E-state index in [-0.39, 0.29) is 22.2 Å². The van der Waals surface area contributed by atoms with E-state index < -0.39 is 0 Å². The number of rotatable bonds is 12. The van der Waals surface area contributed by atoms with Crippen molar-refractivity contribution in [3.05, 3.63) is 0 Å². The lowest BCUT2D eigenvalue weighted by atomic mass is 9.77. The van der Waals surface area contributed by atoms with Crippen molar-refractivity contribution in [3.8, 4) is 0 Å². The summed E-state index contributed by atoms with van der Waals surface area (Å²) in [5.41, 5.74) is 0.372. The molecule has 236 valence electrons. The smallest absolute Gasteiger partial charge is 0.232 e. The minimum absolute atomic E-state index is 0.0929. The van der Waals surface area contributed by atoms with Crippen LogP contribution in [-0.4, -0.2) is 92.7 Å². The summed E-state index contributed by atoms with van der Waals surface area (Å²) in [5, 5.41) is 3.46. The van der Waals surface area contributed by atoms with Crippen LogP contribution in [0.4, 0.5) is 17.8 Å². The Balaban J connectivity index is 2.11. The number of hydrogen-bond acceptors (Lipinski definition) is 8. The number of nitrogens with one attached hydrogen (secondary N) is 1. The molecule has 1 aromatic rings. The summed E-state index contributed by atoms with van der Waals surface area (Å²) >= 11 is 0. The summed E-state index contributed by atoms with van der Waals surface area (Å²) in [6.07, 6.45) is 8.90. The van der Waals surface area contributed by atoms with Gasteiger partial charge in [0.05, 0.1) is 0 Å². The SMILES string of the molecule is CCCCN(c1nc(NCC)nc(N(CCCC)C2CC(C)(C)N(C)C(C)(C)C2)n1)C1CC(C)(C)N(C)C(C)(C)C1. The van der Waals surface area contributed by atoms with E-state index in [4.69, 9.17) is 15.0 Å². The van der Waals surface area contributed by atoms with Crippen LogP contribution in [0.1, 0.15) is 128 Å². The van der Waals surface area contributed by atoms with Crippen LogP contribution >= 0.6 is 0 Å². The van der Waals surface area contributed by atoms with Gasteiger partial charge in [0.2, 0.25) is 17.8 Å². The van der Waals surface area contributed by atoms with Crippen LogP contribution in [0.25, 0.3) is 0 Å². The average molecular weight is 573 g/mol.